The molecule has 2 bridgehead atoms. The normalized spacial score (nSPS) is 25.1. The maximum absolute atomic E-state index is 12.3. The van der Waals surface area contributed by atoms with Crippen molar-refractivity contribution in [2.75, 3.05) is 6.54 Å². The molecule has 4 rings (SSSR count). The highest BCUT2D eigenvalue weighted by Gasteiger charge is 2.35. The van der Waals surface area contributed by atoms with Crippen molar-refractivity contribution in [1.29, 1.82) is 0 Å². The number of hydrogen-bond acceptors (Lipinski definition) is 4. The van der Waals surface area contributed by atoms with Crippen molar-refractivity contribution in [3.05, 3.63) is 46.8 Å². The van der Waals surface area contributed by atoms with Crippen LogP contribution in [0.25, 0.3) is 10.9 Å². The van der Waals surface area contributed by atoms with Gasteiger partial charge >= 0.3 is 0 Å². The summed E-state index contributed by atoms with van der Waals surface area (Å²) >= 11 is 0. The minimum absolute atomic E-state index is 0.0900. The van der Waals surface area contributed by atoms with E-state index in [0.29, 0.717) is 35.2 Å². The van der Waals surface area contributed by atoms with Crippen molar-refractivity contribution in [1.82, 2.24) is 20.3 Å². The van der Waals surface area contributed by atoms with Crippen molar-refractivity contribution in [3.8, 4) is 0 Å². The third kappa shape index (κ3) is 2.65. The average Bonchev–Trinajstić information content (AvgIpc) is 3.19. The summed E-state index contributed by atoms with van der Waals surface area (Å²) in [6, 6.07) is 7.01. The van der Waals surface area contributed by atoms with Gasteiger partial charge < -0.3 is 5.32 Å². The molecule has 0 spiro atoms. The van der Waals surface area contributed by atoms with Gasteiger partial charge in [-0.2, -0.15) is 0 Å². The molecule has 0 aliphatic heterocycles. The Morgan fingerprint density at radius 2 is 2.13 bits per heavy atom. The molecule has 2 aliphatic rings. The van der Waals surface area contributed by atoms with Crippen LogP contribution in [-0.2, 0) is 11.3 Å². The lowest BCUT2D eigenvalue weighted by atomic mass is 9.94. The van der Waals surface area contributed by atoms with E-state index in [-0.39, 0.29) is 18.0 Å². The summed E-state index contributed by atoms with van der Waals surface area (Å²) in [4.78, 5) is 24.4. The molecule has 23 heavy (non-hydrogen) atoms. The Hall–Kier alpha value is -2.50. The fourth-order valence-corrected chi connectivity index (χ4v) is 3.69. The second kappa shape index (κ2) is 5.61. The first kappa shape index (κ1) is 14.1. The van der Waals surface area contributed by atoms with Gasteiger partial charge in [-0.3, -0.25) is 9.59 Å². The number of allylic oxidation sites excluding steroid dienone is 2. The van der Waals surface area contributed by atoms with Crippen LogP contribution in [0.2, 0.25) is 0 Å². The third-order valence-corrected chi connectivity index (χ3v) is 4.90. The van der Waals surface area contributed by atoms with Crippen molar-refractivity contribution < 1.29 is 4.79 Å². The molecule has 1 N–H and O–H groups in total. The van der Waals surface area contributed by atoms with E-state index in [1.54, 1.807) is 24.3 Å². The molecule has 1 saturated carbocycles. The Morgan fingerprint density at radius 3 is 2.91 bits per heavy atom. The van der Waals surface area contributed by atoms with Crippen molar-refractivity contribution >= 4 is 16.8 Å². The second-order valence-electron chi connectivity index (χ2n) is 6.41. The summed E-state index contributed by atoms with van der Waals surface area (Å²) in [5.74, 6) is 1.62. The SMILES string of the molecule is O=C(Cn1nnc2ccccc2c1=O)NCC1CC2C=CC1C2. The van der Waals surface area contributed by atoms with Crippen LogP contribution in [0.3, 0.4) is 0 Å². The number of carbonyl (C=O) groups is 1. The Morgan fingerprint density at radius 1 is 1.26 bits per heavy atom. The van der Waals surface area contributed by atoms with Gasteiger partial charge in [0.1, 0.15) is 12.1 Å². The molecule has 3 atom stereocenters. The van der Waals surface area contributed by atoms with Gasteiger partial charge in [-0.05, 0) is 42.7 Å². The monoisotopic (exact) mass is 310 g/mol. The van der Waals surface area contributed by atoms with E-state index in [9.17, 15) is 9.59 Å². The standard InChI is InChI=1S/C17H18N4O2/c22-16(18-9-13-8-11-5-6-12(13)7-11)10-21-17(23)14-3-1-2-4-15(14)19-20-21/h1-6,11-13H,7-10H2,(H,18,22). The van der Waals surface area contributed by atoms with E-state index in [2.05, 4.69) is 27.8 Å². The maximum atomic E-state index is 12.3. The summed E-state index contributed by atoms with van der Waals surface area (Å²) in [6.07, 6.45) is 6.92. The van der Waals surface area contributed by atoms with Crippen molar-refractivity contribution in [2.45, 2.75) is 19.4 Å². The highest BCUT2D eigenvalue weighted by molar-refractivity contribution is 5.78. The zero-order valence-corrected chi connectivity index (χ0v) is 12.7. The highest BCUT2D eigenvalue weighted by atomic mass is 16.2. The highest BCUT2D eigenvalue weighted by Crippen LogP contribution is 2.42. The summed E-state index contributed by atoms with van der Waals surface area (Å²) in [7, 11) is 0. The summed E-state index contributed by atoms with van der Waals surface area (Å²) in [6.45, 7) is 0.577. The Kier molecular flexibility index (Phi) is 3.44. The number of nitrogens with one attached hydrogen (secondary N) is 1. The summed E-state index contributed by atoms with van der Waals surface area (Å²) in [5, 5.41) is 11.2. The van der Waals surface area contributed by atoms with Gasteiger partial charge in [-0.1, -0.05) is 29.5 Å². The molecule has 1 fully saturated rings. The van der Waals surface area contributed by atoms with Gasteiger partial charge in [0.25, 0.3) is 5.56 Å². The first-order chi connectivity index (χ1) is 11.2. The Balaban J connectivity index is 1.42. The number of nitrogens with zero attached hydrogens (tertiary/aromatic N) is 3. The Bertz CT molecular complexity index is 842. The molecule has 0 radical (unpaired) electrons. The number of hydrogen-bond donors (Lipinski definition) is 1. The number of rotatable bonds is 4. The predicted octanol–water partition coefficient (Wildman–Crippen LogP) is 1.12. The largest absolute Gasteiger partial charge is 0.354 e. The van der Waals surface area contributed by atoms with Gasteiger partial charge in [0.15, 0.2) is 0 Å². The molecule has 1 aromatic carbocycles. The van der Waals surface area contributed by atoms with Crippen LogP contribution in [0.15, 0.2) is 41.2 Å². The van der Waals surface area contributed by atoms with Gasteiger partial charge in [-0.25, -0.2) is 4.68 Å². The van der Waals surface area contributed by atoms with Gasteiger partial charge in [0.05, 0.1) is 5.39 Å². The van der Waals surface area contributed by atoms with Crippen molar-refractivity contribution in [3.63, 3.8) is 0 Å². The summed E-state index contributed by atoms with van der Waals surface area (Å²) < 4.78 is 1.12. The molecule has 6 heteroatoms. The van der Waals surface area contributed by atoms with E-state index < -0.39 is 0 Å². The quantitative estimate of drug-likeness (QED) is 0.859. The van der Waals surface area contributed by atoms with Crippen LogP contribution in [0.4, 0.5) is 0 Å². The molecule has 6 nitrogen and oxygen atoms in total. The lowest BCUT2D eigenvalue weighted by Gasteiger charge is -2.18. The molecule has 2 aromatic rings. The molecule has 3 unspecified atom stereocenters. The minimum atomic E-state index is -0.284. The molecular formula is C17H18N4O2. The number of benzene rings is 1. The number of fused-ring (bicyclic) bond motifs is 3. The topological polar surface area (TPSA) is 76.9 Å². The number of carbonyl (C=O) groups excluding carboxylic acids is 1. The summed E-state index contributed by atoms with van der Waals surface area (Å²) in [5.41, 5.74) is 0.261. The van der Waals surface area contributed by atoms with Gasteiger partial charge in [0.2, 0.25) is 5.91 Å². The smallest absolute Gasteiger partial charge is 0.278 e. The van der Waals surface area contributed by atoms with E-state index >= 15 is 0 Å². The van der Waals surface area contributed by atoms with Crippen LogP contribution in [0, 0.1) is 17.8 Å². The van der Waals surface area contributed by atoms with E-state index in [1.807, 2.05) is 0 Å². The van der Waals surface area contributed by atoms with Crippen LogP contribution in [0.1, 0.15) is 12.8 Å². The number of aromatic nitrogens is 3. The zero-order chi connectivity index (χ0) is 15.8. The molecule has 2 aliphatic carbocycles. The Labute approximate surface area is 133 Å². The lowest BCUT2D eigenvalue weighted by Crippen LogP contribution is -2.37. The van der Waals surface area contributed by atoms with E-state index in [1.165, 1.54) is 6.42 Å². The van der Waals surface area contributed by atoms with Crippen LogP contribution in [0.5, 0.6) is 0 Å². The lowest BCUT2D eigenvalue weighted by molar-refractivity contribution is -0.122. The van der Waals surface area contributed by atoms with Crippen LogP contribution < -0.4 is 10.9 Å². The molecule has 118 valence electrons. The maximum Gasteiger partial charge on any atom is 0.278 e. The number of amides is 1. The fraction of sp³-hybridized carbons (Fsp3) is 0.412. The van der Waals surface area contributed by atoms with Crippen LogP contribution in [-0.4, -0.2) is 27.4 Å². The van der Waals surface area contributed by atoms with E-state index in [0.717, 1.165) is 11.1 Å². The third-order valence-electron chi connectivity index (χ3n) is 4.90. The van der Waals surface area contributed by atoms with Gasteiger partial charge in [0, 0.05) is 6.54 Å². The zero-order valence-electron chi connectivity index (χ0n) is 12.7. The molecule has 0 saturated heterocycles. The fourth-order valence-electron chi connectivity index (χ4n) is 3.69. The average molecular weight is 310 g/mol. The minimum Gasteiger partial charge on any atom is -0.354 e. The molecule has 1 amide bonds. The first-order valence-electron chi connectivity index (χ1n) is 7.98. The predicted molar refractivity (Wildman–Crippen MR) is 85.7 cm³/mol. The molecule has 1 heterocycles. The van der Waals surface area contributed by atoms with E-state index in [4.69, 9.17) is 0 Å². The second-order valence-corrected chi connectivity index (χ2v) is 6.41. The van der Waals surface area contributed by atoms with Gasteiger partial charge in [-0.15, -0.1) is 5.10 Å². The molecule has 1 aromatic heterocycles. The first-order valence-corrected chi connectivity index (χ1v) is 7.98. The van der Waals surface area contributed by atoms with Crippen LogP contribution >= 0.6 is 0 Å². The molecular weight excluding hydrogens is 292 g/mol. The van der Waals surface area contributed by atoms with Crippen molar-refractivity contribution in [2.24, 2.45) is 17.8 Å².